The highest BCUT2D eigenvalue weighted by atomic mass is 16.3. The summed E-state index contributed by atoms with van der Waals surface area (Å²) in [5.74, 6) is 0.959. The third-order valence-electron chi connectivity index (χ3n) is 4.83. The van der Waals surface area contributed by atoms with Gasteiger partial charge in [0.05, 0.1) is 6.26 Å². The highest BCUT2D eigenvalue weighted by Crippen LogP contribution is 2.19. The van der Waals surface area contributed by atoms with Crippen molar-refractivity contribution < 1.29 is 9.21 Å². The van der Waals surface area contributed by atoms with Crippen molar-refractivity contribution in [2.45, 2.75) is 26.7 Å². The van der Waals surface area contributed by atoms with Crippen LogP contribution in [-0.2, 0) is 6.42 Å². The Morgan fingerprint density at radius 3 is 2.66 bits per heavy atom. The van der Waals surface area contributed by atoms with Crippen molar-refractivity contribution in [3.8, 4) is 0 Å². The summed E-state index contributed by atoms with van der Waals surface area (Å²) in [7, 11) is 1.76. The van der Waals surface area contributed by atoms with E-state index >= 15 is 0 Å². The Bertz CT molecular complexity index is 986. The van der Waals surface area contributed by atoms with Gasteiger partial charge >= 0.3 is 0 Å². The van der Waals surface area contributed by atoms with E-state index in [0.29, 0.717) is 18.8 Å². The molecule has 0 unspecified atom stereocenters. The maximum Gasteiger partial charge on any atom is 0.287 e. The fourth-order valence-corrected chi connectivity index (χ4v) is 3.23. The second-order valence-corrected chi connectivity index (χ2v) is 7.08. The van der Waals surface area contributed by atoms with Crippen LogP contribution < -0.4 is 16.0 Å². The number of nitrogens with zero attached hydrogens (tertiary/aromatic N) is 1. The standard InChI is InChI=1S/C22H29N5O2/c1-15-5-6-18-17(14-27-19(18)13-15)7-11-26-22(23-3)25-10-4-9-24-21(28)20-16(2)8-12-29-20/h5-6,8,12-14,27H,4,7,9-11H2,1-3H3,(H,24,28)(H2,23,25,26). The smallest absolute Gasteiger partial charge is 0.287 e. The van der Waals surface area contributed by atoms with Crippen molar-refractivity contribution in [3.63, 3.8) is 0 Å². The summed E-state index contributed by atoms with van der Waals surface area (Å²) in [5.41, 5.74) is 4.56. The molecule has 0 radical (unpaired) electrons. The first kappa shape index (κ1) is 20.5. The molecule has 2 aromatic heterocycles. The summed E-state index contributed by atoms with van der Waals surface area (Å²) in [6.07, 6.45) is 5.29. The number of H-pyrrole nitrogens is 1. The zero-order valence-corrected chi connectivity index (χ0v) is 17.3. The molecule has 0 aliphatic heterocycles. The van der Waals surface area contributed by atoms with Crippen LogP contribution in [0, 0.1) is 13.8 Å². The molecule has 29 heavy (non-hydrogen) atoms. The Hall–Kier alpha value is -3.22. The number of aryl methyl sites for hydroxylation is 2. The number of amides is 1. The number of rotatable bonds is 8. The minimum atomic E-state index is -0.177. The molecule has 7 heteroatoms. The van der Waals surface area contributed by atoms with E-state index in [2.05, 4.69) is 57.2 Å². The second kappa shape index (κ2) is 9.82. The number of furan rings is 1. The van der Waals surface area contributed by atoms with Gasteiger partial charge < -0.3 is 25.4 Å². The number of fused-ring (bicyclic) bond motifs is 1. The minimum absolute atomic E-state index is 0.177. The molecule has 0 aliphatic rings. The normalized spacial score (nSPS) is 11.6. The summed E-state index contributed by atoms with van der Waals surface area (Å²) in [4.78, 5) is 19.6. The third-order valence-corrected chi connectivity index (χ3v) is 4.83. The molecule has 3 aromatic rings. The van der Waals surface area contributed by atoms with Gasteiger partial charge in [-0.05, 0) is 49.9 Å². The number of hydrogen-bond donors (Lipinski definition) is 4. The van der Waals surface area contributed by atoms with E-state index in [1.165, 1.54) is 28.3 Å². The van der Waals surface area contributed by atoms with E-state index in [1.807, 2.05) is 6.92 Å². The Kier molecular flexibility index (Phi) is 6.94. The molecule has 1 amide bonds. The number of benzene rings is 1. The van der Waals surface area contributed by atoms with Gasteiger partial charge in [0.15, 0.2) is 11.7 Å². The minimum Gasteiger partial charge on any atom is -0.459 e. The van der Waals surface area contributed by atoms with Crippen LogP contribution in [0.15, 0.2) is 46.1 Å². The maximum atomic E-state index is 12.0. The van der Waals surface area contributed by atoms with Crippen molar-refractivity contribution in [3.05, 3.63) is 59.2 Å². The summed E-state index contributed by atoms with van der Waals surface area (Å²) in [5, 5.41) is 10.7. The summed E-state index contributed by atoms with van der Waals surface area (Å²) >= 11 is 0. The van der Waals surface area contributed by atoms with Gasteiger partial charge in [0, 0.05) is 49.3 Å². The number of guanidine groups is 1. The van der Waals surface area contributed by atoms with Gasteiger partial charge in [-0.3, -0.25) is 9.79 Å². The molecule has 1 aromatic carbocycles. The number of carbonyl (C=O) groups excluding carboxylic acids is 1. The maximum absolute atomic E-state index is 12.0. The average molecular weight is 396 g/mol. The molecule has 2 heterocycles. The van der Waals surface area contributed by atoms with Crippen molar-refractivity contribution in [1.29, 1.82) is 0 Å². The summed E-state index contributed by atoms with van der Waals surface area (Å²) in [6, 6.07) is 8.25. The Morgan fingerprint density at radius 1 is 1.10 bits per heavy atom. The topological polar surface area (TPSA) is 94.4 Å². The van der Waals surface area contributed by atoms with Gasteiger partial charge in [0.25, 0.3) is 5.91 Å². The Labute approximate surface area is 171 Å². The number of aromatic nitrogens is 1. The van der Waals surface area contributed by atoms with E-state index in [0.717, 1.165) is 30.9 Å². The molecule has 0 atom stereocenters. The molecule has 0 bridgehead atoms. The number of hydrogen-bond acceptors (Lipinski definition) is 3. The zero-order chi connectivity index (χ0) is 20.6. The van der Waals surface area contributed by atoms with Crippen LogP contribution in [0.1, 0.15) is 33.7 Å². The molecular formula is C22H29N5O2. The second-order valence-electron chi connectivity index (χ2n) is 7.08. The third kappa shape index (κ3) is 5.40. The lowest BCUT2D eigenvalue weighted by Gasteiger charge is -2.12. The molecule has 154 valence electrons. The number of nitrogens with one attached hydrogen (secondary N) is 4. The van der Waals surface area contributed by atoms with Crippen LogP contribution >= 0.6 is 0 Å². The fourth-order valence-electron chi connectivity index (χ4n) is 3.23. The van der Waals surface area contributed by atoms with Crippen molar-refractivity contribution in [2.75, 3.05) is 26.7 Å². The highest BCUT2D eigenvalue weighted by Gasteiger charge is 2.11. The van der Waals surface area contributed by atoms with Crippen LogP contribution in [0.2, 0.25) is 0 Å². The molecule has 7 nitrogen and oxygen atoms in total. The lowest BCUT2D eigenvalue weighted by molar-refractivity contribution is 0.0925. The van der Waals surface area contributed by atoms with E-state index in [9.17, 15) is 4.79 Å². The predicted molar refractivity (Wildman–Crippen MR) is 116 cm³/mol. The van der Waals surface area contributed by atoms with E-state index in [1.54, 1.807) is 13.1 Å². The van der Waals surface area contributed by atoms with E-state index in [-0.39, 0.29) is 5.91 Å². The van der Waals surface area contributed by atoms with Gasteiger partial charge in [0.1, 0.15) is 0 Å². The van der Waals surface area contributed by atoms with Crippen LogP contribution in [0.5, 0.6) is 0 Å². The van der Waals surface area contributed by atoms with Gasteiger partial charge in [-0.25, -0.2) is 0 Å². The number of aromatic amines is 1. The molecule has 3 rings (SSSR count). The summed E-state index contributed by atoms with van der Waals surface area (Å²) in [6.45, 7) is 6.02. The van der Waals surface area contributed by atoms with Crippen LogP contribution in [-0.4, -0.2) is 43.5 Å². The van der Waals surface area contributed by atoms with Crippen molar-refractivity contribution >= 4 is 22.8 Å². The first-order valence-corrected chi connectivity index (χ1v) is 9.92. The number of carbonyl (C=O) groups is 1. The molecule has 0 saturated carbocycles. The monoisotopic (exact) mass is 395 g/mol. The molecule has 0 aliphatic carbocycles. The average Bonchev–Trinajstić information content (AvgIpc) is 3.32. The Balaban J connectivity index is 1.35. The van der Waals surface area contributed by atoms with E-state index < -0.39 is 0 Å². The summed E-state index contributed by atoms with van der Waals surface area (Å²) < 4.78 is 5.19. The van der Waals surface area contributed by atoms with Crippen molar-refractivity contribution in [2.24, 2.45) is 4.99 Å². The predicted octanol–water partition coefficient (Wildman–Crippen LogP) is 2.91. The van der Waals surface area contributed by atoms with Crippen LogP contribution in [0.25, 0.3) is 10.9 Å². The lowest BCUT2D eigenvalue weighted by Crippen LogP contribution is -2.39. The molecular weight excluding hydrogens is 366 g/mol. The molecule has 0 fully saturated rings. The van der Waals surface area contributed by atoms with Gasteiger partial charge in [-0.2, -0.15) is 0 Å². The van der Waals surface area contributed by atoms with Crippen LogP contribution in [0.4, 0.5) is 0 Å². The van der Waals surface area contributed by atoms with Gasteiger partial charge in [0.2, 0.25) is 0 Å². The fraction of sp³-hybridized carbons (Fsp3) is 0.364. The quantitative estimate of drug-likeness (QED) is 0.268. The first-order valence-electron chi connectivity index (χ1n) is 9.92. The highest BCUT2D eigenvalue weighted by molar-refractivity contribution is 5.92. The van der Waals surface area contributed by atoms with Gasteiger partial charge in [-0.15, -0.1) is 0 Å². The van der Waals surface area contributed by atoms with Crippen molar-refractivity contribution in [1.82, 2.24) is 20.9 Å². The number of aliphatic imine (C=N–C) groups is 1. The molecule has 0 saturated heterocycles. The van der Waals surface area contributed by atoms with Crippen LogP contribution in [0.3, 0.4) is 0 Å². The lowest BCUT2D eigenvalue weighted by atomic mass is 10.1. The Morgan fingerprint density at radius 2 is 1.90 bits per heavy atom. The molecule has 4 N–H and O–H groups in total. The first-order chi connectivity index (χ1) is 14.1. The SMILES string of the molecule is CN=C(NCCCNC(=O)c1occc1C)NCCc1c[nH]c2cc(C)ccc12. The van der Waals surface area contributed by atoms with E-state index in [4.69, 9.17) is 4.42 Å². The van der Waals surface area contributed by atoms with Gasteiger partial charge in [-0.1, -0.05) is 12.1 Å². The largest absolute Gasteiger partial charge is 0.459 e. The molecule has 0 spiro atoms. The zero-order valence-electron chi connectivity index (χ0n) is 17.3.